The Morgan fingerprint density at radius 1 is 1.12 bits per heavy atom. The Bertz CT molecular complexity index is 964. The molecule has 1 N–H and O–H groups in total. The maximum atomic E-state index is 13.4. The van der Waals surface area contributed by atoms with Crippen molar-refractivity contribution in [1.29, 1.82) is 0 Å². The van der Waals surface area contributed by atoms with Gasteiger partial charge in [0.15, 0.2) is 11.6 Å². The highest BCUT2D eigenvalue weighted by atomic mass is 16.5. The molecule has 3 fully saturated rings. The molecule has 172 valence electrons. The van der Waals surface area contributed by atoms with Gasteiger partial charge in [-0.1, -0.05) is 39.5 Å². The first-order chi connectivity index (χ1) is 15.3. The fraction of sp³-hybridized carbons (Fsp3) is 0.760. The van der Waals surface area contributed by atoms with Crippen LogP contribution < -0.4 is 5.32 Å². The molecular formula is C25H34N4O3. The first kappa shape index (κ1) is 20.6. The number of azo groups is 1. The van der Waals surface area contributed by atoms with Crippen molar-refractivity contribution < 1.29 is 14.3 Å². The lowest BCUT2D eigenvalue weighted by Gasteiger charge is -2.49. The van der Waals surface area contributed by atoms with Gasteiger partial charge >= 0.3 is 0 Å². The van der Waals surface area contributed by atoms with E-state index in [0.717, 1.165) is 48.3 Å². The van der Waals surface area contributed by atoms with E-state index in [0.29, 0.717) is 38.6 Å². The third-order valence-corrected chi connectivity index (χ3v) is 8.61. The molecule has 1 amide bonds. The number of fused-ring (bicyclic) bond motifs is 2. The molecule has 1 unspecified atom stereocenters. The number of hydrogen-bond acceptors (Lipinski definition) is 6. The third kappa shape index (κ3) is 3.03. The number of nitrogens with zero attached hydrogens (tertiary/aromatic N) is 3. The first-order valence-corrected chi connectivity index (χ1v) is 12.4. The summed E-state index contributed by atoms with van der Waals surface area (Å²) < 4.78 is 6.49. The van der Waals surface area contributed by atoms with Gasteiger partial charge in [0.05, 0.1) is 31.7 Å². The summed E-state index contributed by atoms with van der Waals surface area (Å²) >= 11 is 0. The molecule has 6 aliphatic rings. The highest BCUT2D eigenvalue weighted by Crippen LogP contribution is 2.58. The van der Waals surface area contributed by atoms with Crippen LogP contribution in [0, 0.1) is 16.7 Å². The molecule has 7 nitrogen and oxygen atoms in total. The number of ketones is 1. The molecule has 2 saturated heterocycles. The van der Waals surface area contributed by atoms with Gasteiger partial charge in [-0.05, 0) is 31.1 Å². The van der Waals surface area contributed by atoms with Gasteiger partial charge in [-0.3, -0.25) is 9.59 Å². The number of carbonyl (C=O) groups excluding carboxylic acids is 2. The average molecular weight is 439 g/mol. The predicted molar refractivity (Wildman–Crippen MR) is 118 cm³/mol. The SMILES string of the molecule is CC1(C)CC(=O)C2=C(C1)NC1=C(CN=N1)C21COC2(CN(C(=O)C3CCCCCC3)C2)C1. The number of Topliss-reactive ketones (excluding diaryl/α,β-unsaturated/α-hetero) is 1. The lowest BCUT2D eigenvalue weighted by Crippen LogP contribution is -2.64. The zero-order chi connectivity index (χ0) is 22.1. The van der Waals surface area contributed by atoms with Gasteiger partial charge in [-0.2, -0.15) is 5.11 Å². The molecule has 0 radical (unpaired) electrons. The van der Waals surface area contributed by atoms with Crippen molar-refractivity contribution in [2.75, 3.05) is 26.2 Å². The van der Waals surface area contributed by atoms with Crippen LogP contribution in [0.5, 0.6) is 0 Å². The second kappa shape index (κ2) is 6.99. The lowest BCUT2D eigenvalue weighted by molar-refractivity contribution is -0.162. The van der Waals surface area contributed by atoms with Crippen LogP contribution in [0.15, 0.2) is 32.9 Å². The van der Waals surface area contributed by atoms with Gasteiger partial charge in [-0.25, -0.2) is 0 Å². The Morgan fingerprint density at radius 2 is 1.88 bits per heavy atom. The smallest absolute Gasteiger partial charge is 0.225 e. The Labute approximate surface area is 189 Å². The van der Waals surface area contributed by atoms with E-state index in [9.17, 15) is 9.59 Å². The van der Waals surface area contributed by atoms with Crippen molar-refractivity contribution in [3.05, 3.63) is 22.7 Å². The molecule has 0 aromatic carbocycles. The molecule has 4 aliphatic heterocycles. The quantitative estimate of drug-likeness (QED) is 0.630. The maximum absolute atomic E-state index is 13.4. The fourth-order valence-electron chi connectivity index (χ4n) is 7.14. The van der Waals surface area contributed by atoms with Crippen molar-refractivity contribution in [3.8, 4) is 0 Å². The molecule has 0 aromatic heterocycles. The van der Waals surface area contributed by atoms with Gasteiger partial charge in [-0.15, -0.1) is 5.11 Å². The summed E-state index contributed by atoms with van der Waals surface area (Å²) in [5, 5.41) is 12.1. The average Bonchev–Trinajstić information content (AvgIpc) is 3.22. The first-order valence-electron chi connectivity index (χ1n) is 12.4. The van der Waals surface area contributed by atoms with Crippen molar-refractivity contribution >= 4 is 11.7 Å². The number of ether oxygens (including phenoxy) is 1. The number of carbonyl (C=O) groups is 2. The topological polar surface area (TPSA) is 83.4 Å². The van der Waals surface area contributed by atoms with E-state index in [4.69, 9.17) is 4.74 Å². The molecule has 6 rings (SSSR count). The Balaban J connectivity index is 1.25. The molecule has 2 spiro atoms. The standard InChI is InChI=1S/C25H34N4O3/c1-23(2)9-18-20(19(30)10-23)25(17-11-26-28-21(17)27-18)12-24(32-15-25)13-29(14-24)22(31)16-7-5-3-4-6-8-16/h16,27H,3-15H2,1-2H3. The number of amides is 1. The molecular weight excluding hydrogens is 404 g/mol. The summed E-state index contributed by atoms with van der Waals surface area (Å²) in [7, 11) is 0. The number of likely N-dealkylation sites (tertiary alicyclic amines) is 1. The van der Waals surface area contributed by atoms with E-state index in [1.165, 1.54) is 25.7 Å². The largest absolute Gasteiger partial charge is 0.370 e. The molecule has 1 saturated carbocycles. The van der Waals surface area contributed by atoms with Crippen molar-refractivity contribution in [2.24, 2.45) is 27.0 Å². The van der Waals surface area contributed by atoms with Gasteiger partial charge in [0.2, 0.25) is 5.91 Å². The zero-order valence-electron chi connectivity index (χ0n) is 19.3. The Hall–Kier alpha value is -2.02. The van der Waals surface area contributed by atoms with Gasteiger partial charge < -0.3 is 15.0 Å². The second-order valence-corrected chi connectivity index (χ2v) is 11.8. The predicted octanol–water partition coefficient (Wildman–Crippen LogP) is 3.87. The van der Waals surface area contributed by atoms with E-state index >= 15 is 0 Å². The van der Waals surface area contributed by atoms with Crippen LogP contribution in [0.2, 0.25) is 0 Å². The van der Waals surface area contributed by atoms with Crippen LogP contribution in [0.25, 0.3) is 0 Å². The van der Waals surface area contributed by atoms with E-state index in [-0.39, 0.29) is 22.7 Å². The maximum Gasteiger partial charge on any atom is 0.225 e. The third-order valence-electron chi connectivity index (χ3n) is 8.61. The molecule has 7 heteroatoms. The van der Waals surface area contributed by atoms with E-state index in [2.05, 4.69) is 29.4 Å². The van der Waals surface area contributed by atoms with E-state index in [1.54, 1.807) is 0 Å². The van der Waals surface area contributed by atoms with Crippen LogP contribution in [-0.2, 0) is 14.3 Å². The summed E-state index contributed by atoms with van der Waals surface area (Å²) in [5.41, 5.74) is 2.18. The number of hydrogen-bond donors (Lipinski definition) is 1. The van der Waals surface area contributed by atoms with Crippen molar-refractivity contribution in [2.45, 2.75) is 77.2 Å². The zero-order valence-corrected chi connectivity index (χ0v) is 19.3. The Kier molecular flexibility index (Phi) is 4.49. The van der Waals surface area contributed by atoms with Crippen LogP contribution in [-0.4, -0.2) is 48.4 Å². The second-order valence-electron chi connectivity index (χ2n) is 11.8. The summed E-state index contributed by atoms with van der Waals surface area (Å²) in [5.74, 6) is 1.55. The molecule has 2 aliphatic carbocycles. The molecule has 0 bridgehead atoms. The summed E-state index contributed by atoms with van der Waals surface area (Å²) in [6.07, 6.45) is 9.05. The summed E-state index contributed by atoms with van der Waals surface area (Å²) in [6, 6.07) is 0. The fourth-order valence-corrected chi connectivity index (χ4v) is 7.14. The molecule has 1 atom stereocenters. The van der Waals surface area contributed by atoms with E-state index < -0.39 is 5.41 Å². The van der Waals surface area contributed by atoms with Gasteiger partial charge in [0, 0.05) is 29.2 Å². The minimum absolute atomic E-state index is 0.0620. The van der Waals surface area contributed by atoms with Crippen LogP contribution >= 0.6 is 0 Å². The van der Waals surface area contributed by atoms with Crippen molar-refractivity contribution in [1.82, 2.24) is 10.2 Å². The van der Waals surface area contributed by atoms with Crippen molar-refractivity contribution in [3.63, 3.8) is 0 Å². The number of nitrogens with one attached hydrogen (secondary N) is 1. The summed E-state index contributed by atoms with van der Waals surface area (Å²) in [6.45, 7) is 6.62. The normalized spacial score (nSPS) is 33.3. The molecule has 0 aromatic rings. The number of allylic oxidation sites excluding steroid dienone is 1. The Morgan fingerprint density at radius 3 is 2.62 bits per heavy atom. The number of rotatable bonds is 1. The lowest BCUT2D eigenvalue weighted by atomic mass is 9.61. The highest BCUT2D eigenvalue weighted by molar-refractivity contribution is 6.00. The monoisotopic (exact) mass is 438 g/mol. The molecule has 32 heavy (non-hydrogen) atoms. The van der Waals surface area contributed by atoms with E-state index in [1.807, 2.05) is 4.90 Å². The molecule has 4 heterocycles. The minimum Gasteiger partial charge on any atom is -0.370 e. The van der Waals surface area contributed by atoms with Crippen LogP contribution in [0.1, 0.15) is 71.6 Å². The highest BCUT2D eigenvalue weighted by Gasteiger charge is 2.63. The minimum atomic E-state index is -0.440. The number of dihydropyridines is 1. The van der Waals surface area contributed by atoms with Crippen LogP contribution in [0.3, 0.4) is 0 Å². The van der Waals surface area contributed by atoms with Gasteiger partial charge in [0.25, 0.3) is 0 Å². The summed E-state index contributed by atoms with van der Waals surface area (Å²) in [4.78, 5) is 28.6. The van der Waals surface area contributed by atoms with Gasteiger partial charge in [0.1, 0.15) is 5.60 Å². The van der Waals surface area contributed by atoms with Crippen LogP contribution in [0.4, 0.5) is 0 Å².